The fourth-order valence-electron chi connectivity index (χ4n) is 3.49. The van der Waals surface area contributed by atoms with Crippen molar-refractivity contribution in [3.63, 3.8) is 0 Å². The number of hydrogen-bond donors (Lipinski definition) is 1. The molecule has 1 aliphatic heterocycles. The van der Waals surface area contributed by atoms with Crippen molar-refractivity contribution in [3.8, 4) is 5.69 Å². The molecule has 1 aromatic carbocycles. The molecule has 2 heterocycles. The van der Waals surface area contributed by atoms with E-state index < -0.39 is 11.5 Å². The van der Waals surface area contributed by atoms with Crippen LogP contribution in [0.4, 0.5) is 4.39 Å². The number of amides is 1. The number of aromatic nitrogens is 3. The summed E-state index contributed by atoms with van der Waals surface area (Å²) < 4.78 is 16.1. The van der Waals surface area contributed by atoms with E-state index in [1.54, 1.807) is 0 Å². The van der Waals surface area contributed by atoms with Crippen LogP contribution in [0.5, 0.6) is 0 Å². The maximum absolute atomic E-state index is 14.4. The molecule has 6 nitrogen and oxygen atoms in total. The molecule has 0 unspecified atom stereocenters. The molecule has 1 aromatic heterocycles. The fourth-order valence-corrected chi connectivity index (χ4v) is 4.35. The number of benzene rings is 1. The molecule has 1 saturated carbocycles. The average molecular weight is 444 g/mol. The van der Waals surface area contributed by atoms with Crippen molar-refractivity contribution in [2.75, 3.05) is 13.1 Å². The number of carbonyl (C=O) groups excluding carboxylic acids is 1. The molecule has 9 heteroatoms. The SMILES string of the molecule is O=C(C1CC1)N1CC[C@@H](Cc2n[nH]c(=O)n2-c2c(F)cc(Br)cc2Cl)C1. The van der Waals surface area contributed by atoms with Gasteiger partial charge in [0.05, 0.1) is 5.02 Å². The summed E-state index contributed by atoms with van der Waals surface area (Å²) in [6.45, 7) is 1.37. The highest BCUT2D eigenvalue weighted by atomic mass is 79.9. The molecule has 0 spiro atoms. The Kier molecular flexibility index (Phi) is 4.64. The topological polar surface area (TPSA) is 71.0 Å². The van der Waals surface area contributed by atoms with Gasteiger partial charge < -0.3 is 4.90 Å². The summed E-state index contributed by atoms with van der Waals surface area (Å²) in [6, 6.07) is 2.80. The molecule has 26 heavy (non-hydrogen) atoms. The normalized spacial score (nSPS) is 20.0. The molecule has 1 atom stereocenters. The summed E-state index contributed by atoms with van der Waals surface area (Å²) in [5, 5.41) is 6.57. The van der Waals surface area contributed by atoms with Crippen molar-refractivity contribution in [1.29, 1.82) is 0 Å². The maximum atomic E-state index is 14.4. The number of hydrogen-bond acceptors (Lipinski definition) is 3. The molecule has 138 valence electrons. The number of halogens is 3. The number of carbonyl (C=O) groups is 1. The van der Waals surface area contributed by atoms with Crippen LogP contribution in [0.25, 0.3) is 5.69 Å². The summed E-state index contributed by atoms with van der Waals surface area (Å²) in [4.78, 5) is 26.3. The lowest BCUT2D eigenvalue weighted by Crippen LogP contribution is -2.30. The highest BCUT2D eigenvalue weighted by Crippen LogP contribution is 2.33. The van der Waals surface area contributed by atoms with Crippen LogP contribution in [0.15, 0.2) is 21.4 Å². The predicted octanol–water partition coefficient (Wildman–Crippen LogP) is 2.92. The molecule has 2 aliphatic rings. The van der Waals surface area contributed by atoms with Gasteiger partial charge in [-0.1, -0.05) is 27.5 Å². The zero-order valence-corrected chi connectivity index (χ0v) is 16.2. The van der Waals surface area contributed by atoms with Gasteiger partial charge in [0.25, 0.3) is 0 Å². The van der Waals surface area contributed by atoms with Gasteiger partial charge >= 0.3 is 5.69 Å². The predicted molar refractivity (Wildman–Crippen MR) is 98.0 cm³/mol. The van der Waals surface area contributed by atoms with Gasteiger partial charge in [0.15, 0.2) is 0 Å². The van der Waals surface area contributed by atoms with E-state index in [-0.39, 0.29) is 28.5 Å². The Labute approximate surface area is 162 Å². The summed E-state index contributed by atoms with van der Waals surface area (Å²) in [5.41, 5.74) is -0.542. The standard InChI is InChI=1S/C17H17BrClFN4O2/c18-11-6-12(19)15(13(20)7-11)24-14(21-22-17(24)26)5-9-3-4-23(8-9)16(25)10-1-2-10/h6-7,9-10H,1-5,8H2,(H,22,26)/t9-/m0/s1. The number of H-pyrrole nitrogens is 1. The highest BCUT2D eigenvalue weighted by Gasteiger charge is 2.37. The average Bonchev–Trinajstić information content (AvgIpc) is 3.23. The van der Waals surface area contributed by atoms with Crippen molar-refractivity contribution >= 4 is 33.4 Å². The minimum Gasteiger partial charge on any atom is -0.342 e. The Balaban J connectivity index is 1.58. The van der Waals surface area contributed by atoms with E-state index >= 15 is 0 Å². The number of nitrogens with zero attached hydrogens (tertiary/aromatic N) is 3. The minimum absolute atomic E-state index is 0.00692. The third-order valence-corrected chi connectivity index (χ3v) is 5.69. The largest absolute Gasteiger partial charge is 0.348 e. The Morgan fingerprint density at radius 2 is 2.15 bits per heavy atom. The molecule has 4 rings (SSSR count). The molecular weight excluding hydrogens is 427 g/mol. The van der Waals surface area contributed by atoms with Crippen LogP contribution in [0.3, 0.4) is 0 Å². The molecule has 2 fully saturated rings. The number of aromatic amines is 1. The van der Waals surface area contributed by atoms with Gasteiger partial charge in [0.1, 0.15) is 17.3 Å². The second-order valence-electron chi connectivity index (χ2n) is 6.92. The van der Waals surface area contributed by atoms with Gasteiger partial charge in [0, 0.05) is 29.9 Å². The molecule has 1 N–H and O–H groups in total. The van der Waals surface area contributed by atoms with Crippen LogP contribution in [0.2, 0.25) is 5.02 Å². The van der Waals surface area contributed by atoms with E-state index in [2.05, 4.69) is 26.1 Å². The van der Waals surface area contributed by atoms with Crippen molar-refractivity contribution in [2.45, 2.75) is 25.7 Å². The third-order valence-electron chi connectivity index (χ3n) is 4.94. The Morgan fingerprint density at radius 3 is 2.85 bits per heavy atom. The van der Waals surface area contributed by atoms with E-state index in [0.29, 0.717) is 23.3 Å². The molecule has 2 aromatic rings. The summed E-state index contributed by atoms with van der Waals surface area (Å²) >= 11 is 9.35. The molecule has 1 saturated heterocycles. The number of likely N-dealkylation sites (tertiary alicyclic amines) is 1. The summed E-state index contributed by atoms with van der Waals surface area (Å²) in [7, 11) is 0. The third kappa shape index (κ3) is 3.32. The van der Waals surface area contributed by atoms with Crippen LogP contribution >= 0.6 is 27.5 Å². The summed E-state index contributed by atoms with van der Waals surface area (Å²) in [5.74, 6) is 0.431. The van der Waals surface area contributed by atoms with Crippen molar-refractivity contribution in [1.82, 2.24) is 19.7 Å². The van der Waals surface area contributed by atoms with E-state index in [1.165, 1.54) is 16.7 Å². The second-order valence-corrected chi connectivity index (χ2v) is 8.24. The van der Waals surface area contributed by atoms with E-state index in [4.69, 9.17) is 11.6 Å². The van der Waals surface area contributed by atoms with Gasteiger partial charge in [-0.25, -0.2) is 18.9 Å². The summed E-state index contributed by atoms with van der Waals surface area (Å²) in [6.07, 6.45) is 3.29. The van der Waals surface area contributed by atoms with E-state index in [1.807, 2.05) is 4.90 Å². The fraction of sp³-hybridized carbons (Fsp3) is 0.471. The van der Waals surface area contributed by atoms with Crippen LogP contribution in [-0.2, 0) is 11.2 Å². The zero-order valence-electron chi connectivity index (χ0n) is 13.8. The zero-order chi connectivity index (χ0) is 18.4. The molecule has 0 bridgehead atoms. The minimum atomic E-state index is -0.605. The smallest absolute Gasteiger partial charge is 0.342 e. The lowest BCUT2D eigenvalue weighted by atomic mass is 10.0. The lowest BCUT2D eigenvalue weighted by molar-refractivity contribution is -0.131. The molecule has 0 radical (unpaired) electrons. The van der Waals surface area contributed by atoms with E-state index in [9.17, 15) is 14.0 Å². The van der Waals surface area contributed by atoms with E-state index in [0.717, 1.165) is 25.8 Å². The van der Waals surface area contributed by atoms with Crippen molar-refractivity contribution in [2.24, 2.45) is 11.8 Å². The van der Waals surface area contributed by atoms with Crippen molar-refractivity contribution in [3.05, 3.63) is 43.8 Å². The van der Waals surface area contributed by atoms with Crippen LogP contribution in [0, 0.1) is 17.7 Å². The molecule has 1 amide bonds. The highest BCUT2D eigenvalue weighted by molar-refractivity contribution is 9.10. The van der Waals surface area contributed by atoms with Crippen molar-refractivity contribution < 1.29 is 9.18 Å². The Hall–Kier alpha value is -1.67. The van der Waals surface area contributed by atoms with Gasteiger partial charge in [-0.05, 0) is 37.3 Å². The van der Waals surface area contributed by atoms with Crippen LogP contribution in [0.1, 0.15) is 25.1 Å². The molecule has 1 aliphatic carbocycles. The van der Waals surface area contributed by atoms with Gasteiger partial charge in [-0.2, -0.15) is 5.10 Å². The monoisotopic (exact) mass is 442 g/mol. The first-order valence-electron chi connectivity index (χ1n) is 8.54. The van der Waals surface area contributed by atoms with Gasteiger partial charge in [-0.3, -0.25) is 4.79 Å². The number of rotatable bonds is 4. The maximum Gasteiger partial charge on any atom is 0.348 e. The second kappa shape index (κ2) is 6.81. The molecular formula is C17H17BrClFN4O2. The van der Waals surface area contributed by atoms with Crippen LogP contribution < -0.4 is 5.69 Å². The van der Waals surface area contributed by atoms with Gasteiger partial charge in [-0.15, -0.1) is 0 Å². The number of nitrogens with one attached hydrogen (secondary N) is 1. The lowest BCUT2D eigenvalue weighted by Gasteiger charge is -2.16. The Bertz CT molecular complexity index is 901. The first kappa shape index (κ1) is 17.7. The first-order valence-corrected chi connectivity index (χ1v) is 9.71. The Morgan fingerprint density at radius 1 is 1.38 bits per heavy atom. The first-order chi connectivity index (χ1) is 12.4. The van der Waals surface area contributed by atoms with Crippen LogP contribution in [-0.4, -0.2) is 38.7 Å². The quantitative estimate of drug-likeness (QED) is 0.790. The van der Waals surface area contributed by atoms with Gasteiger partial charge in [0.2, 0.25) is 5.91 Å².